The summed E-state index contributed by atoms with van der Waals surface area (Å²) in [5.74, 6) is -2.76. The first-order valence-electron chi connectivity index (χ1n) is 5.24. The minimum atomic E-state index is -1.27. The van der Waals surface area contributed by atoms with Gasteiger partial charge < -0.3 is 4.90 Å². The lowest BCUT2D eigenvalue weighted by molar-refractivity contribution is 0.461. The first kappa shape index (κ1) is 14.2. The molecule has 0 fully saturated rings. The molecule has 1 atom stereocenters. The van der Waals surface area contributed by atoms with Crippen molar-refractivity contribution in [2.24, 2.45) is 0 Å². The molecule has 0 saturated heterocycles. The molecule has 0 amide bonds. The Bertz CT molecular complexity index is 387. The maximum atomic E-state index is 13.5. The van der Waals surface area contributed by atoms with Crippen molar-refractivity contribution in [3.63, 3.8) is 0 Å². The van der Waals surface area contributed by atoms with Crippen LogP contribution in [0.15, 0.2) is 6.07 Å². The molecule has 0 aliphatic rings. The van der Waals surface area contributed by atoms with Gasteiger partial charge in [0, 0.05) is 24.9 Å². The molecule has 96 valence electrons. The third-order valence-corrected chi connectivity index (χ3v) is 3.30. The second-order valence-corrected chi connectivity index (χ2v) is 4.61. The Morgan fingerprint density at radius 2 is 2.00 bits per heavy atom. The lowest BCUT2D eigenvalue weighted by Gasteiger charge is -2.27. The number of nitrogens with zero attached hydrogens (tertiary/aromatic N) is 2. The highest BCUT2D eigenvalue weighted by atomic mass is 32.2. The second kappa shape index (κ2) is 6.14. The van der Waals surface area contributed by atoms with Crippen LogP contribution in [0.1, 0.15) is 13.3 Å². The molecule has 1 aromatic rings. The highest BCUT2D eigenvalue weighted by Gasteiger charge is 2.20. The van der Waals surface area contributed by atoms with Crippen LogP contribution < -0.4 is 4.90 Å². The zero-order chi connectivity index (χ0) is 13.0. The highest BCUT2D eigenvalue weighted by Crippen LogP contribution is 2.21. The predicted octanol–water partition coefficient (Wildman–Crippen LogP) is 3.08. The van der Waals surface area contributed by atoms with Crippen molar-refractivity contribution in [3.8, 4) is 0 Å². The zero-order valence-electron chi connectivity index (χ0n) is 10.0. The quantitative estimate of drug-likeness (QED) is 0.760. The zero-order valence-corrected chi connectivity index (χ0v) is 10.8. The molecular formula is C11H15F3N2S. The van der Waals surface area contributed by atoms with Gasteiger partial charge in [0.05, 0.1) is 0 Å². The monoisotopic (exact) mass is 264 g/mol. The normalized spacial score (nSPS) is 12.6. The van der Waals surface area contributed by atoms with Crippen molar-refractivity contribution in [3.05, 3.63) is 23.6 Å². The van der Waals surface area contributed by atoms with Gasteiger partial charge in [-0.2, -0.15) is 21.1 Å². The van der Waals surface area contributed by atoms with E-state index < -0.39 is 17.6 Å². The fraction of sp³-hybridized carbons (Fsp3) is 0.545. The Morgan fingerprint density at radius 1 is 1.35 bits per heavy atom. The van der Waals surface area contributed by atoms with Crippen LogP contribution in [-0.2, 0) is 0 Å². The average Bonchev–Trinajstić information content (AvgIpc) is 2.30. The number of aromatic nitrogens is 1. The summed E-state index contributed by atoms with van der Waals surface area (Å²) >= 11 is 1.61. The fourth-order valence-corrected chi connectivity index (χ4v) is 2.40. The summed E-state index contributed by atoms with van der Waals surface area (Å²) in [6.07, 6.45) is 2.71. The highest BCUT2D eigenvalue weighted by molar-refractivity contribution is 7.98. The summed E-state index contributed by atoms with van der Waals surface area (Å²) in [4.78, 5) is 4.87. The minimum absolute atomic E-state index is 0.0388. The molecule has 0 bridgehead atoms. The smallest absolute Gasteiger partial charge is 0.251 e. The molecule has 0 aliphatic carbocycles. The van der Waals surface area contributed by atoms with E-state index in [0.717, 1.165) is 12.2 Å². The van der Waals surface area contributed by atoms with Crippen molar-refractivity contribution >= 4 is 17.6 Å². The topological polar surface area (TPSA) is 16.1 Å². The first-order valence-corrected chi connectivity index (χ1v) is 6.63. The number of hydrogen-bond donors (Lipinski definition) is 0. The summed E-state index contributed by atoms with van der Waals surface area (Å²) in [6.45, 7) is 1.95. The Morgan fingerprint density at radius 3 is 2.53 bits per heavy atom. The van der Waals surface area contributed by atoms with Gasteiger partial charge in [-0.3, -0.25) is 0 Å². The van der Waals surface area contributed by atoms with E-state index in [-0.39, 0.29) is 11.9 Å². The average molecular weight is 264 g/mol. The fourth-order valence-electron chi connectivity index (χ4n) is 1.55. The third kappa shape index (κ3) is 3.28. The predicted molar refractivity (Wildman–Crippen MR) is 65.0 cm³/mol. The van der Waals surface area contributed by atoms with Gasteiger partial charge in [-0.05, 0) is 12.7 Å². The Balaban J connectivity index is 3.02. The van der Waals surface area contributed by atoms with E-state index >= 15 is 0 Å². The van der Waals surface area contributed by atoms with Crippen LogP contribution in [-0.4, -0.2) is 30.1 Å². The van der Waals surface area contributed by atoms with Gasteiger partial charge in [-0.25, -0.2) is 8.78 Å². The Kier molecular flexibility index (Phi) is 5.11. The molecule has 17 heavy (non-hydrogen) atoms. The van der Waals surface area contributed by atoms with E-state index in [1.165, 1.54) is 0 Å². The van der Waals surface area contributed by atoms with Gasteiger partial charge in [0.1, 0.15) is 0 Å². The van der Waals surface area contributed by atoms with Gasteiger partial charge in [-0.1, -0.05) is 6.92 Å². The van der Waals surface area contributed by atoms with Crippen LogP contribution in [0.5, 0.6) is 0 Å². The van der Waals surface area contributed by atoms with Crippen molar-refractivity contribution in [1.29, 1.82) is 0 Å². The van der Waals surface area contributed by atoms with Gasteiger partial charge in [-0.15, -0.1) is 0 Å². The van der Waals surface area contributed by atoms with Gasteiger partial charge in [0.25, 0.3) is 5.95 Å². The molecule has 1 heterocycles. The van der Waals surface area contributed by atoms with Crippen LogP contribution in [0.25, 0.3) is 0 Å². The molecule has 1 unspecified atom stereocenters. The number of pyridine rings is 1. The van der Waals surface area contributed by atoms with Crippen LogP contribution in [0, 0.1) is 17.6 Å². The molecule has 0 radical (unpaired) electrons. The van der Waals surface area contributed by atoms with Crippen LogP contribution in [0.2, 0.25) is 0 Å². The standard InChI is InChI=1S/C11H15F3N2S/c1-4-7(6-17-3)16(2)11-9(13)5-8(12)10(14)15-11/h5,7H,4,6H2,1-3H3. The van der Waals surface area contributed by atoms with Crippen molar-refractivity contribution in [2.45, 2.75) is 19.4 Å². The number of anilines is 1. The molecule has 0 saturated carbocycles. The molecule has 0 aliphatic heterocycles. The van der Waals surface area contributed by atoms with Crippen LogP contribution in [0.4, 0.5) is 19.0 Å². The van der Waals surface area contributed by atoms with Crippen molar-refractivity contribution in [2.75, 3.05) is 24.0 Å². The third-order valence-electron chi connectivity index (χ3n) is 2.58. The maximum absolute atomic E-state index is 13.5. The Labute approximate surface area is 103 Å². The van der Waals surface area contributed by atoms with Crippen LogP contribution in [0.3, 0.4) is 0 Å². The molecule has 0 aromatic carbocycles. The molecule has 2 nitrogen and oxygen atoms in total. The van der Waals surface area contributed by atoms with E-state index in [1.807, 2.05) is 13.2 Å². The molecule has 1 aromatic heterocycles. The largest absolute Gasteiger partial charge is 0.353 e. The summed E-state index contributed by atoms with van der Waals surface area (Å²) < 4.78 is 39.2. The van der Waals surface area contributed by atoms with E-state index in [2.05, 4.69) is 4.98 Å². The van der Waals surface area contributed by atoms with Gasteiger partial charge in [0.2, 0.25) is 0 Å². The van der Waals surface area contributed by atoms with Crippen LogP contribution >= 0.6 is 11.8 Å². The summed E-state index contributed by atoms with van der Waals surface area (Å²) in [7, 11) is 1.63. The SMILES string of the molecule is CCC(CSC)N(C)c1nc(F)c(F)cc1F. The summed E-state index contributed by atoms with van der Waals surface area (Å²) in [5, 5.41) is 0. The Hall–Kier alpha value is -0.910. The van der Waals surface area contributed by atoms with E-state index in [0.29, 0.717) is 6.07 Å². The lowest BCUT2D eigenvalue weighted by atomic mass is 10.2. The van der Waals surface area contributed by atoms with Gasteiger partial charge >= 0.3 is 0 Å². The molecule has 6 heteroatoms. The molecular weight excluding hydrogens is 249 g/mol. The summed E-state index contributed by atoms with van der Waals surface area (Å²) in [5.41, 5.74) is 0. The molecule has 0 spiro atoms. The minimum Gasteiger partial charge on any atom is -0.353 e. The van der Waals surface area contributed by atoms with E-state index in [1.54, 1.807) is 23.7 Å². The van der Waals surface area contributed by atoms with Crippen molar-refractivity contribution in [1.82, 2.24) is 4.98 Å². The molecule has 0 N–H and O–H groups in total. The van der Waals surface area contributed by atoms with Crippen molar-refractivity contribution < 1.29 is 13.2 Å². The van der Waals surface area contributed by atoms with E-state index in [9.17, 15) is 13.2 Å². The maximum Gasteiger partial charge on any atom is 0.251 e. The lowest BCUT2D eigenvalue weighted by Crippen LogP contribution is -2.34. The summed E-state index contributed by atoms with van der Waals surface area (Å²) in [6, 6.07) is 0.567. The second-order valence-electron chi connectivity index (χ2n) is 3.69. The van der Waals surface area contributed by atoms with E-state index in [4.69, 9.17) is 0 Å². The molecule has 1 rings (SSSR count). The number of thioether (sulfide) groups is 1. The number of hydrogen-bond acceptors (Lipinski definition) is 3. The number of halogens is 3. The number of rotatable bonds is 5. The van der Waals surface area contributed by atoms with Gasteiger partial charge in [0.15, 0.2) is 17.5 Å². The first-order chi connectivity index (χ1) is 8.01.